The maximum Gasteiger partial charge on any atom is 1.00 e. The fourth-order valence-corrected chi connectivity index (χ4v) is 0. The molecule has 0 heterocycles. The van der Waals surface area contributed by atoms with Gasteiger partial charge < -0.3 is 25.3 Å². The molecule has 0 rings (SSSR count). The van der Waals surface area contributed by atoms with Crippen LogP contribution < -0.4 is 169 Å². The molecule has 0 aliphatic carbocycles. The second-order valence-corrected chi connectivity index (χ2v) is 1.32. The van der Waals surface area contributed by atoms with Gasteiger partial charge in [-0.2, -0.15) is 0 Å². The van der Waals surface area contributed by atoms with Crippen LogP contribution in [0.15, 0.2) is 0 Å². The van der Waals surface area contributed by atoms with Crippen LogP contribution in [0.3, 0.4) is 0 Å². The van der Waals surface area contributed by atoms with Crippen LogP contribution in [-0.2, 0) is 0 Å². The first kappa shape index (κ1) is 30.1. The third-order valence-electron chi connectivity index (χ3n) is 0.264. The van der Waals surface area contributed by atoms with E-state index in [1.807, 2.05) is 0 Å². The van der Waals surface area contributed by atoms with Crippen LogP contribution in [0.1, 0.15) is 6.92 Å². The Balaban J connectivity index is -0.0000000221. The summed E-state index contributed by atoms with van der Waals surface area (Å²) in [7, 11) is -2.92. The Bertz CT molecular complexity index is 54.4. The maximum atomic E-state index is 8.42. The molecule has 0 aliphatic rings. The van der Waals surface area contributed by atoms with Crippen molar-refractivity contribution in [3.8, 4) is 0 Å². The van der Waals surface area contributed by atoms with Crippen LogP contribution in [0.4, 0.5) is 0 Å². The number of rotatable bonds is 1. The van der Waals surface area contributed by atoms with E-state index >= 15 is 0 Å². The molecule has 12 heavy (non-hydrogen) atoms. The van der Waals surface area contributed by atoms with Crippen molar-refractivity contribution in [3.63, 3.8) is 0 Å². The first-order valence-electron chi connectivity index (χ1n) is 2.27. The standard InChI is InChI=1S/C3H8O2.BO3.3K/c1-3(5)2-4;2-1(3)4;;;/h3-5H,2H2,1H3;;;;/q;-3;3*+1. The second kappa shape index (κ2) is 24.8. The minimum Gasteiger partial charge on any atom is -0.907 e. The Labute approximate surface area is 200 Å². The zero-order chi connectivity index (χ0) is 7.86. The number of aliphatic hydroxyl groups is 2. The number of hydrogen-bond donors (Lipinski definition) is 2. The molecule has 0 spiro atoms. The normalized spacial score (nSPS) is 8.50. The van der Waals surface area contributed by atoms with Crippen LogP contribution in [0, 0.1) is 0 Å². The summed E-state index contributed by atoms with van der Waals surface area (Å²) in [4.78, 5) is 0. The van der Waals surface area contributed by atoms with E-state index in [9.17, 15) is 0 Å². The third kappa shape index (κ3) is 61.1. The van der Waals surface area contributed by atoms with Gasteiger partial charge >= 0.3 is 154 Å². The number of hydrogen-bond acceptors (Lipinski definition) is 5. The molecule has 0 fully saturated rings. The Kier molecular flexibility index (Phi) is 62.3. The van der Waals surface area contributed by atoms with Crippen molar-refractivity contribution in [2.24, 2.45) is 0 Å². The molecule has 0 saturated carbocycles. The molecule has 0 aliphatic heterocycles. The molecule has 0 radical (unpaired) electrons. The quantitative estimate of drug-likeness (QED) is 0.450. The van der Waals surface area contributed by atoms with Gasteiger partial charge in [-0.3, -0.25) is 7.32 Å². The van der Waals surface area contributed by atoms with Crippen LogP contribution in [0.5, 0.6) is 0 Å². The summed E-state index contributed by atoms with van der Waals surface area (Å²) in [5, 5.41) is 41.3. The van der Waals surface area contributed by atoms with Crippen molar-refractivity contribution >= 4 is 7.32 Å². The largest absolute Gasteiger partial charge is 1.00 e. The van der Waals surface area contributed by atoms with Gasteiger partial charge in [0.2, 0.25) is 0 Å². The molecule has 5 nitrogen and oxygen atoms in total. The van der Waals surface area contributed by atoms with Gasteiger partial charge in [-0.15, -0.1) is 0 Å². The van der Waals surface area contributed by atoms with Gasteiger partial charge in [0.15, 0.2) is 0 Å². The van der Waals surface area contributed by atoms with Gasteiger partial charge in [-0.1, -0.05) is 0 Å². The van der Waals surface area contributed by atoms with E-state index in [0.29, 0.717) is 0 Å². The molecule has 0 aromatic carbocycles. The monoisotopic (exact) mass is 252 g/mol. The fourth-order valence-electron chi connectivity index (χ4n) is 0. The van der Waals surface area contributed by atoms with Gasteiger partial charge in [-0.25, -0.2) is 0 Å². The van der Waals surface area contributed by atoms with Crippen LogP contribution in [0.25, 0.3) is 0 Å². The topological polar surface area (TPSA) is 110 Å². The second-order valence-electron chi connectivity index (χ2n) is 1.32. The molecule has 9 heteroatoms. The minimum absolute atomic E-state index is 0. The van der Waals surface area contributed by atoms with E-state index in [2.05, 4.69) is 0 Å². The summed E-state index contributed by atoms with van der Waals surface area (Å²) in [5.74, 6) is 0. The molecule has 0 amide bonds. The summed E-state index contributed by atoms with van der Waals surface area (Å²) in [6.07, 6.45) is -0.560. The zero-order valence-corrected chi connectivity index (χ0v) is 17.4. The van der Waals surface area contributed by atoms with E-state index in [1.54, 1.807) is 0 Å². The van der Waals surface area contributed by atoms with Gasteiger partial charge in [0.25, 0.3) is 0 Å². The molecular weight excluding hydrogens is 244 g/mol. The van der Waals surface area contributed by atoms with Crippen molar-refractivity contribution < 1.29 is 179 Å². The predicted molar refractivity (Wildman–Crippen MR) is 24.5 cm³/mol. The predicted octanol–water partition coefficient (Wildman–Crippen LogP) is -13.6. The fraction of sp³-hybridized carbons (Fsp3) is 1.00. The van der Waals surface area contributed by atoms with Gasteiger partial charge in [-0.05, 0) is 6.92 Å². The SMILES string of the molecule is CC(O)CO.[K+].[K+].[K+].[O-]B([O-])[O-]. The average Bonchev–Trinajstić information content (AvgIpc) is 1.65. The van der Waals surface area contributed by atoms with Gasteiger partial charge in [0.1, 0.15) is 0 Å². The van der Waals surface area contributed by atoms with E-state index in [4.69, 9.17) is 25.3 Å². The molecule has 2 N–H and O–H groups in total. The summed E-state index contributed by atoms with van der Waals surface area (Å²) in [6.45, 7) is 1.39. The Morgan fingerprint density at radius 1 is 1.17 bits per heavy atom. The number of aliphatic hydroxyl groups excluding tert-OH is 2. The van der Waals surface area contributed by atoms with Crippen molar-refractivity contribution in [2.75, 3.05) is 6.61 Å². The van der Waals surface area contributed by atoms with E-state index in [1.165, 1.54) is 6.92 Å². The molecule has 0 aromatic heterocycles. The zero-order valence-electron chi connectivity index (χ0n) is 7.98. The average molecular weight is 252 g/mol. The first-order valence-corrected chi connectivity index (χ1v) is 2.27. The van der Waals surface area contributed by atoms with E-state index < -0.39 is 13.4 Å². The summed E-state index contributed by atoms with van der Waals surface area (Å²) in [5.41, 5.74) is 0. The molecular formula is C3H8BK3O5. The van der Waals surface area contributed by atoms with Crippen LogP contribution in [0.2, 0.25) is 0 Å². The van der Waals surface area contributed by atoms with Crippen molar-refractivity contribution in [2.45, 2.75) is 13.0 Å². The summed E-state index contributed by atoms with van der Waals surface area (Å²) < 4.78 is 0. The molecule has 1 unspecified atom stereocenters. The first-order chi connectivity index (χ1) is 4.00. The van der Waals surface area contributed by atoms with Gasteiger partial charge in [0, 0.05) is 0 Å². The molecule has 0 aromatic rings. The minimum atomic E-state index is -2.92. The van der Waals surface area contributed by atoms with E-state index in [-0.39, 0.29) is 161 Å². The molecule has 0 bridgehead atoms. The smallest absolute Gasteiger partial charge is 0.907 e. The Morgan fingerprint density at radius 2 is 1.25 bits per heavy atom. The Morgan fingerprint density at radius 3 is 1.25 bits per heavy atom. The summed E-state index contributed by atoms with van der Waals surface area (Å²) in [6, 6.07) is 0. The van der Waals surface area contributed by atoms with Gasteiger partial charge in [0.05, 0.1) is 12.7 Å². The third-order valence-corrected chi connectivity index (χ3v) is 0.264. The van der Waals surface area contributed by atoms with Crippen molar-refractivity contribution in [1.29, 1.82) is 0 Å². The summed E-state index contributed by atoms with van der Waals surface area (Å²) >= 11 is 0. The molecule has 56 valence electrons. The van der Waals surface area contributed by atoms with Crippen molar-refractivity contribution in [1.82, 2.24) is 0 Å². The van der Waals surface area contributed by atoms with Crippen molar-refractivity contribution in [3.05, 3.63) is 0 Å². The van der Waals surface area contributed by atoms with Crippen LogP contribution in [-0.4, -0.2) is 30.2 Å². The maximum absolute atomic E-state index is 8.42. The Hall–Kier alpha value is 4.77. The van der Waals surface area contributed by atoms with E-state index in [0.717, 1.165) is 0 Å². The van der Waals surface area contributed by atoms with Crippen LogP contribution >= 0.6 is 0 Å². The molecule has 1 atom stereocenters. The molecule has 0 saturated heterocycles.